The molecule has 1 aliphatic carbocycles. The molecule has 96 valence electrons. The highest BCUT2D eigenvalue weighted by molar-refractivity contribution is 5.73. The number of hydrogen-bond acceptors (Lipinski definition) is 1. The molecule has 1 heterocycles. The van der Waals surface area contributed by atoms with E-state index in [1.165, 1.54) is 41.6 Å². The fourth-order valence-corrected chi connectivity index (χ4v) is 3.31. The second-order valence-electron chi connectivity index (χ2n) is 5.76. The predicted octanol–water partition coefficient (Wildman–Crippen LogP) is 4.59. The SMILES string of the molecule is c1ccc(C2CCC2)c(-c2ccc3c(c2)CCN3)c1. The molecule has 1 aliphatic heterocycles. The van der Waals surface area contributed by atoms with E-state index in [1.807, 2.05) is 0 Å². The summed E-state index contributed by atoms with van der Waals surface area (Å²) in [5.74, 6) is 0.794. The highest BCUT2D eigenvalue weighted by Crippen LogP contribution is 2.41. The Labute approximate surface area is 114 Å². The van der Waals surface area contributed by atoms with Crippen LogP contribution in [0.2, 0.25) is 0 Å². The van der Waals surface area contributed by atoms with Gasteiger partial charge in [-0.05, 0) is 59.6 Å². The van der Waals surface area contributed by atoms with Crippen molar-refractivity contribution < 1.29 is 0 Å². The number of anilines is 1. The van der Waals surface area contributed by atoms with Gasteiger partial charge < -0.3 is 5.32 Å². The van der Waals surface area contributed by atoms with Gasteiger partial charge in [-0.2, -0.15) is 0 Å². The van der Waals surface area contributed by atoms with Crippen molar-refractivity contribution in [2.24, 2.45) is 0 Å². The molecular formula is C18H19N. The second kappa shape index (κ2) is 4.41. The van der Waals surface area contributed by atoms with Gasteiger partial charge in [-0.15, -0.1) is 0 Å². The lowest BCUT2D eigenvalue weighted by molar-refractivity contribution is 0.420. The minimum Gasteiger partial charge on any atom is -0.384 e. The number of benzene rings is 2. The third kappa shape index (κ3) is 1.85. The molecular weight excluding hydrogens is 230 g/mol. The van der Waals surface area contributed by atoms with Crippen LogP contribution in [0.3, 0.4) is 0 Å². The lowest BCUT2D eigenvalue weighted by Gasteiger charge is -2.28. The Morgan fingerprint density at radius 3 is 2.74 bits per heavy atom. The van der Waals surface area contributed by atoms with Crippen LogP contribution in [0.15, 0.2) is 42.5 Å². The molecule has 4 rings (SSSR count). The fourth-order valence-electron chi connectivity index (χ4n) is 3.31. The molecule has 0 bridgehead atoms. The van der Waals surface area contributed by atoms with Crippen molar-refractivity contribution in [1.82, 2.24) is 0 Å². The Morgan fingerprint density at radius 1 is 1.00 bits per heavy atom. The van der Waals surface area contributed by atoms with Gasteiger partial charge in [0, 0.05) is 12.2 Å². The van der Waals surface area contributed by atoms with Crippen LogP contribution in [0, 0.1) is 0 Å². The molecule has 19 heavy (non-hydrogen) atoms. The van der Waals surface area contributed by atoms with Crippen LogP contribution in [-0.4, -0.2) is 6.54 Å². The van der Waals surface area contributed by atoms with E-state index < -0.39 is 0 Å². The summed E-state index contributed by atoms with van der Waals surface area (Å²) < 4.78 is 0. The van der Waals surface area contributed by atoms with Crippen LogP contribution in [0.25, 0.3) is 11.1 Å². The van der Waals surface area contributed by atoms with E-state index in [0.29, 0.717) is 0 Å². The predicted molar refractivity (Wildman–Crippen MR) is 80.7 cm³/mol. The van der Waals surface area contributed by atoms with E-state index in [-0.39, 0.29) is 0 Å². The van der Waals surface area contributed by atoms with Crippen LogP contribution < -0.4 is 5.32 Å². The average molecular weight is 249 g/mol. The highest BCUT2D eigenvalue weighted by Gasteiger charge is 2.22. The van der Waals surface area contributed by atoms with Crippen molar-refractivity contribution in [1.29, 1.82) is 0 Å². The summed E-state index contributed by atoms with van der Waals surface area (Å²) in [4.78, 5) is 0. The zero-order valence-electron chi connectivity index (χ0n) is 11.2. The van der Waals surface area contributed by atoms with E-state index in [4.69, 9.17) is 0 Å². The summed E-state index contributed by atoms with van der Waals surface area (Å²) in [7, 11) is 0. The standard InChI is InChI=1S/C18H19N/c1-2-7-17(16(6-1)13-4-3-5-13)14-8-9-18-15(12-14)10-11-19-18/h1-2,6-9,12-13,19H,3-5,10-11H2. The van der Waals surface area contributed by atoms with Gasteiger partial charge in [-0.25, -0.2) is 0 Å². The van der Waals surface area contributed by atoms with Crippen molar-refractivity contribution in [2.75, 3.05) is 11.9 Å². The van der Waals surface area contributed by atoms with E-state index in [1.54, 1.807) is 5.56 Å². The second-order valence-corrected chi connectivity index (χ2v) is 5.76. The summed E-state index contributed by atoms with van der Waals surface area (Å²) in [5, 5.41) is 3.44. The molecule has 2 aliphatic rings. The van der Waals surface area contributed by atoms with E-state index in [9.17, 15) is 0 Å². The van der Waals surface area contributed by atoms with Gasteiger partial charge in [0.05, 0.1) is 0 Å². The summed E-state index contributed by atoms with van der Waals surface area (Å²) >= 11 is 0. The summed E-state index contributed by atoms with van der Waals surface area (Å²) in [5.41, 5.74) is 7.19. The van der Waals surface area contributed by atoms with Gasteiger partial charge in [0.15, 0.2) is 0 Å². The van der Waals surface area contributed by atoms with Crippen molar-refractivity contribution in [3.63, 3.8) is 0 Å². The van der Waals surface area contributed by atoms with E-state index in [2.05, 4.69) is 47.8 Å². The number of hydrogen-bond donors (Lipinski definition) is 1. The smallest absolute Gasteiger partial charge is 0.0373 e. The summed E-state index contributed by atoms with van der Waals surface area (Å²) in [6, 6.07) is 15.9. The molecule has 1 heteroatoms. The molecule has 0 spiro atoms. The fraction of sp³-hybridized carbons (Fsp3) is 0.333. The first kappa shape index (κ1) is 11.1. The van der Waals surface area contributed by atoms with Gasteiger partial charge in [0.2, 0.25) is 0 Å². The molecule has 1 fully saturated rings. The van der Waals surface area contributed by atoms with Crippen LogP contribution in [-0.2, 0) is 6.42 Å². The highest BCUT2D eigenvalue weighted by atomic mass is 14.9. The average Bonchev–Trinajstić information content (AvgIpc) is 2.84. The number of nitrogens with one attached hydrogen (secondary N) is 1. The molecule has 1 N–H and O–H groups in total. The maximum atomic E-state index is 3.44. The molecule has 2 aromatic rings. The van der Waals surface area contributed by atoms with Gasteiger partial charge in [0.1, 0.15) is 0 Å². The molecule has 0 aromatic heterocycles. The maximum absolute atomic E-state index is 3.44. The lowest BCUT2D eigenvalue weighted by Crippen LogP contribution is -2.09. The van der Waals surface area contributed by atoms with Crippen LogP contribution in [0.4, 0.5) is 5.69 Å². The Balaban J connectivity index is 1.79. The first-order chi connectivity index (χ1) is 9.42. The Bertz CT molecular complexity index is 611. The quantitative estimate of drug-likeness (QED) is 0.821. The first-order valence-corrected chi connectivity index (χ1v) is 7.38. The molecule has 0 saturated heterocycles. The normalized spacial score (nSPS) is 17.7. The van der Waals surface area contributed by atoms with Crippen LogP contribution in [0.5, 0.6) is 0 Å². The number of fused-ring (bicyclic) bond motifs is 1. The molecule has 0 atom stereocenters. The molecule has 0 unspecified atom stereocenters. The number of rotatable bonds is 2. The van der Waals surface area contributed by atoms with Gasteiger partial charge >= 0.3 is 0 Å². The van der Waals surface area contributed by atoms with Gasteiger partial charge in [0.25, 0.3) is 0 Å². The van der Waals surface area contributed by atoms with Gasteiger partial charge in [-0.1, -0.05) is 36.8 Å². The zero-order chi connectivity index (χ0) is 12.7. The van der Waals surface area contributed by atoms with E-state index >= 15 is 0 Å². The monoisotopic (exact) mass is 249 g/mol. The lowest BCUT2D eigenvalue weighted by atomic mass is 9.77. The maximum Gasteiger partial charge on any atom is 0.0373 e. The minimum absolute atomic E-state index is 0.794. The molecule has 1 nitrogen and oxygen atoms in total. The van der Waals surface area contributed by atoms with Gasteiger partial charge in [-0.3, -0.25) is 0 Å². The largest absolute Gasteiger partial charge is 0.384 e. The Hall–Kier alpha value is -1.76. The van der Waals surface area contributed by atoms with E-state index in [0.717, 1.165) is 18.9 Å². The topological polar surface area (TPSA) is 12.0 Å². The van der Waals surface area contributed by atoms with Crippen molar-refractivity contribution in [3.05, 3.63) is 53.6 Å². The van der Waals surface area contributed by atoms with Crippen LogP contribution >= 0.6 is 0 Å². The molecule has 2 aromatic carbocycles. The molecule has 0 amide bonds. The molecule has 1 saturated carbocycles. The summed E-state index contributed by atoms with van der Waals surface area (Å²) in [6.07, 6.45) is 5.29. The van der Waals surface area contributed by atoms with Crippen molar-refractivity contribution >= 4 is 5.69 Å². The van der Waals surface area contributed by atoms with Crippen molar-refractivity contribution in [3.8, 4) is 11.1 Å². The van der Waals surface area contributed by atoms with Crippen LogP contribution in [0.1, 0.15) is 36.3 Å². The third-order valence-electron chi connectivity index (χ3n) is 4.63. The third-order valence-corrected chi connectivity index (χ3v) is 4.63. The molecule has 0 radical (unpaired) electrons. The van der Waals surface area contributed by atoms with Crippen molar-refractivity contribution in [2.45, 2.75) is 31.6 Å². The Morgan fingerprint density at radius 2 is 1.89 bits per heavy atom. The first-order valence-electron chi connectivity index (χ1n) is 7.38. The Kier molecular flexibility index (Phi) is 2.58. The summed E-state index contributed by atoms with van der Waals surface area (Å²) in [6.45, 7) is 1.09. The zero-order valence-corrected chi connectivity index (χ0v) is 11.2. The minimum atomic E-state index is 0.794.